The van der Waals surface area contributed by atoms with Crippen LogP contribution in [0.5, 0.6) is 5.75 Å². The number of nitrogens with two attached hydrogens (primary N) is 1. The molecule has 0 radical (unpaired) electrons. The van der Waals surface area contributed by atoms with Gasteiger partial charge in [0.25, 0.3) is 0 Å². The topological polar surface area (TPSA) is 53.1 Å². The van der Waals surface area contributed by atoms with Crippen molar-refractivity contribution in [3.8, 4) is 5.75 Å². The Morgan fingerprint density at radius 3 is 2.82 bits per heavy atom. The Kier molecular flexibility index (Phi) is 2.42. The smallest absolute Gasteiger partial charge is 0.201 e. The SMILES string of the molecule is COc1cccc2nc(N)n(C3CCCC3)c12. The van der Waals surface area contributed by atoms with Crippen molar-refractivity contribution < 1.29 is 4.74 Å². The summed E-state index contributed by atoms with van der Waals surface area (Å²) in [6.45, 7) is 0. The van der Waals surface area contributed by atoms with Crippen LogP contribution in [0.25, 0.3) is 11.0 Å². The first-order chi connectivity index (χ1) is 8.31. The number of benzene rings is 1. The second-order valence-corrected chi connectivity index (χ2v) is 4.61. The minimum absolute atomic E-state index is 0.483. The molecule has 2 N–H and O–H groups in total. The number of methoxy groups -OCH3 is 1. The minimum Gasteiger partial charge on any atom is -0.494 e. The number of fused-ring (bicyclic) bond motifs is 1. The van der Waals surface area contributed by atoms with Gasteiger partial charge in [0, 0.05) is 6.04 Å². The number of ether oxygens (including phenoxy) is 1. The Balaban J connectivity index is 2.24. The zero-order valence-corrected chi connectivity index (χ0v) is 10.0. The van der Waals surface area contributed by atoms with Gasteiger partial charge in [-0.3, -0.25) is 0 Å². The molecular formula is C13H17N3O. The van der Waals surface area contributed by atoms with Gasteiger partial charge >= 0.3 is 0 Å². The highest BCUT2D eigenvalue weighted by Gasteiger charge is 2.23. The molecule has 1 aromatic heterocycles. The normalized spacial score (nSPS) is 16.8. The summed E-state index contributed by atoms with van der Waals surface area (Å²) < 4.78 is 7.58. The number of para-hydroxylation sites is 1. The van der Waals surface area contributed by atoms with Gasteiger partial charge < -0.3 is 15.0 Å². The molecule has 0 bridgehead atoms. The average molecular weight is 231 g/mol. The first-order valence-corrected chi connectivity index (χ1v) is 6.11. The van der Waals surface area contributed by atoms with Gasteiger partial charge in [-0.15, -0.1) is 0 Å². The van der Waals surface area contributed by atoms with Gasteiger partial charge in [-0.25, -0.2) is 4.98 Å². The molecule has 0 unspecified atom stereocenters. The van der Waals surface area contributed by atoms with Gasteiger partial charge in [0.1, 0.15) is 11.3 Å². The largest absolute Gasteiger partial charge is 0.494 e. The van der Waals surface area contributed by atoms with E-state index in [0.717, 1.165) is 16.8 Å². The Morgan fingerprint density at radius 2 is 2.12 bits per heavy atom. The summed E-state index contributed by atoms with van der Waals surface area (Å²) in [4.78, 5) is 4.43. The van der Waals surface area contributed by atoms with E-state index >= 15 is 0 Å². The van der Waals surface area contributed by atoms with E-state index in [-0.39, 0.29) is 0 Å². The number of imidazole rings is 1. The quantitative estimate of drug-likeness (QED) is 0.864. The highest BCUT2D eigenvalue weighted by Crippen LogP contribution is 2.37. The van der Waals surface area contributed by atoms with Crippen LogP contribution in [0.2, 0.25) is 0 Å². The Morgan fingerprint density at radius 1 is 1.35 bits per heavy atom. The van der Waals surface area contributed by atoms with Crippen molar-refractivity contribution >= 4 is 17.0 Å². The third kappa shape index (κ3) is 1.55. The Hall–Kier alpha value is -1.71. The summed E-state index contributed by atoms with van der Waals surface area (Å²) in [5.74, 6) is 1.47. The molecule has 1 heterocycles. The summed E-state index contributed by atoms with van der Waals surface area (Å²) in [6.07, 6.45) is 4.93. The van der Waals surface area contributed by atoms with Crippen molar-refractivity contribution in [1.82, 2.24) is 9.55 Å². The number of hydrogen-bond acceptors (Lipinski definition) is 3. The number of anilines is 1. The van der Waals surface area contributed by atoms with Crippen LogP contribution in [0.4, 0.5) is 5.95 Å². The molecule has 1 fully saturated rings. The predicted octanol–water partition coefficient (Wildman–Crippen LogP) is 2.74. The minimum atomic E-state index is 0.483. The van der Waals surface area contributed by atoms with E-state index in [1.165, 1.54) is 25.7 Å². The summed E-state index contributed by atoms with van der Waals surface area (Å²) in [5.41, 5.74) is 8.02. The molecule has 1 aliphatic carbocycles. The molecule has 0 atom stereocenters. The van der Waals surface area contributed by atoms with Crippen molar-refractivity contribution in [2.45, 2.75) is 31.7 Å². The van der Waals surface area contributed by atoms with E-state index in [0.29, 0.717) is 12.0 Å². The maximum absolute atomic E-state index is 6.05. The van der Waals surface area contributed by atoms with Gasteiger partial charge in [-0.1, -0.05) is 18.9 Å². The third-order valence-electron chi connectivity index (χ3n) is 3.61. The molecule has 90 valence electrons. The van der Waals surface area contributed by atoms with E-state index in [9.17, 15) is 0 Å². The zero-order chi connectivity index (χ0) is 11.8. The lowest BCUT2D eigenvalue weighted by molar-refractivity contribution is 0.414. The summed E-state index contributed by atoms with van der Waals surface area (Å²) in [5, 5.41) is 0. The number of hydrogen-bond donors (Lipinski definition) is 1. The molecule has 3 rings (SSSR count). The predicted molar refractivity (Wildman–Crippen MR) is 68.2 cm³/mol. The van der Waals surface area contributed by atoms with Crippen molar-refractivity contribution in [2.24, 2.45) is 0 Å². The summed E-state index contributed by atoms with van der Waals surface area (Å²) in [7, 11) is 1.69. The zero-order valence-electron chi connectivity index (χ0n) is 10.0. The van der Waals surface area contributed by atoms with Gasteiger partial charge in [0.05, 0.1) is 12.6 Å². The van der Waals surface area contributed by atoms with Gasteiger partial charge in [0.2, 0.25) is 5.95 Å². The maximum atomic E-state index is 6.05. The molecule has 1 aromatic carbocycles. The first-order valence-electron chi connectivity index (χ1n) is 6.11. The highest BCUT2D eigenvalue weighted by molar-refractivity contribution is 5.84. The van der Waals surface area contributed by atoms with E-state index in [1.807, 2.05) is 18.2 Å². The Labute approximate surface area is 100 Å². The lowest BCUT2D eigenvalue weighted by atomic mass is 10.2. The van der Waals surface area contributed by atoms with Crippen LogP contribution in [-0.2, 0) is 0 Å². The molecule has 1 aliphatic rings. The molecule has 0 saturated heterocycles. The van der Waals surface area contributed by atoms with Gasteiger partial charge in [0.15, 0.2) is 0 Å². The van der Waals surface area contributed by atoms with Gasteiger partial charge in [-0.2, -0.15) is 0 Å². The van der Waals surface area contributed by atoms with E-state index in [2.05, 4.69) is 9.55 Å². The van der Waals surface area contributed by atoms with Crippen molar-refractivity contribution in [2.75, 3.05) is 12.8 Å². The van der Waals surface area contributed by atoms with Crippen molar-refractivity contribution in [3.63, 3.8) is 0 Å². The maximum Gasteiger partial charge on any atom is 0.201 e. The lowest BCUT2D eigenvalue weighted by Crippen LogP contribution is -2.09. The lowest BCUT2D eigenvalue weighted by Gasteiger charge is -2.15. The molecule has 1 saturated carbocycles. The molecule has 0 aliphatic heterocycles. The average Bonchev–Trinajstić information content (AvgIpc) is 2.93. The molecular weight excluding hydrogens is 214 g/mol. The molecule has 4 heteroatoms. The molecule has 17 heavy (non-hydrogen) atoms. The van der Waals surface area contributed by atoms with Crippen LogP contribution >= 0.6 is 0 Å². The third-order valence-corrected chi connectivity index (χ3v) is 3.61. The van der Waals surface area contributed by atoms with Crippen LogP contribution < -0.4 is 10.5 Å². The van der Waals surface area contributed by atoms with Crippen molar-refractivity contribution in [1.29, 1.82) is 0 Å². The van der Waals surface area contributed by atoms with Crippen LogP contribution in [0, 0.1) is 0 Å². The van der Waals surface area contributed by atoms with Crippen LogP contribution in [0.15, 0.2) is 18.2 Å². The van der Waals surface area contributed by atoms with Gasteiger partial charge in [-0.05, 0) is 25.0 Å². The van der Waals surface area contributed by atoms with E-state index in [4.69, 9.17) is 10.5 Å². The fraction of sp³-hybridized carbons (Fsp3) is 0.462. The van der Waals surface area contributed by atoms with Crippen LogP contribution in [-0.4, -0.2) is 16.7 Å². The first kappa shape index (κ1) is 10.4. The van der Waals surface area contributed by atoms with E-state index < -0.39 is 0 Å². The summed E-state index contributed by atoms with van der Waals surface area (Å²) in [6, 6.07) is 6.39. The van der Waals surface area contributed by atoms with Crippen molar-refractivity contribution in [3.05, 3.63) is 18.2 Å². The second kappa shape index (κ2) is 3.95. The van der Waals surface area contributed by atoms with E-state index in [1.54, 1.807) is 7.11 Å². The number of nitrogen functional groups attached to an aromatic ring is 1. The number of nitrogens with zero attached hydrogens (tertiary/aromatic N) is 2. The number of aromatic nitrogens is 2. The Bertz CT molecular complexity index is 541. The molecule has 0 amide bonds. The van der Waals surface area contributed by atoms with Crippen LogP contribution in [0.1, 0.15) is 31.7 Å². The standard InChI is InChI=1S/C13H17N3O/c1-17-11-8-4-7-10-12(11)16(13(14)15-10)9-5-2-3-6-9/h4,7-9H,2-3,5-6H2,1H3,(H2,14,15). The monoisotopic (exact) mass is 231 g/mol. The van der Waals surface area contributed by atoms with Crippen LogP contribution in [0.3, 0.4) is 0 Å². The number of rotatable bonds is 2. The fourth-order valence-corrected chi connectivity index (χ4v) is 2.83. The molecule has 0 spiro atoms. The molecule has 2 aromatic rings. The second-order valence-electron chi connectivity index (χ2n) is 4.61. The highest BCUT2D eigenvalue weighted by atomic mass is 16.5. The summed E-state index contributed by atoms with van der Waals surface area (Å²) >= 11 is 0. The molecule has 4 nitrogen and oxygen atoms in total. The fourth-order valence-electron chi connectivity index (χ4n) is 2.83.